The summed E-state index contributed by atoms with van der Waals surface area (Å²) in [6.07, 6.45) is 1.55. The zero-order valence-corrected chi connectivity index (χ0v) is 12.1. The average molecular weight is 278 g/mol. The van der Waals surface area contributed by atoms with Gasteiger partial charge in [-0.05, 0) is 38.0 Å². The second-order valence-corrected chi connectivity index (χ2v) is 4.91. The standard InChI is InChI=1S/C15H19FN2O2/c1-5-18-14(13(20-4)9-17-18)15(3,19)11-7-6-10(2)12(16)8-11/h6-9,19H,5H2,1-4H3. The molecule has 1 aromatic carbocycles. The molecule has 0 radical (unpaired) electrons. The van der Waals surface area contributed by atoms with E-state index in [4.69, 9.17) is 4.74 Å². The van der Waals surface area contributed by atoms with Crippen molar-refractivity contribution in [3.05, 3.63) is 47.0 Å². The molecule has 0 aliphatic rings. The van der Waals surface area contributed by atoms with Crippen molar-refractivity contribution in [2.45, 2.75) is 32.9 Å². The SMILES string of the molecule is CCn1ncc(OC)c1C(C)(O)c1ccc(C)c(F)c1. The predicted octanol–water partition coefficient (Wildman–Crippen LogP) is 2.61. The third-order valence-corrected chi connectivity index (χ3v) is 3.52. The summed E-state index contributed by atoms with van der Waals surface area (Å²) in [6.45, 7) is 5.80. The number of aryl methyl sites for hydroxylation is 2. The molecule has 1 aromatic heterocycles. The van der Waals surface area contributed by atoms with E-state index in [0.717, 1.165) is 0 Å². The van der Waals surface area contributed by atoms with Gasteiger partial charge in [0.2, 0.25) is 0 Å². The van der Waals surface area contributed by atoms with Crippen LogP contribution in [-0.2, 0) is 12.1 Å². The number of aromatic nitrogens is 2. The van der Waals surface area contributed by atoms with Crippen molar-refractivity contribution in [1.29, 1.82) is 0 Å². The highest BCUT2D eigenvalue weighted by atomic mass is 19.1. The second-order valence-electron chi connectivity index (χ2n) is 4.91. The van der Waals surface area contributed by atoms with E-state index in [2.05, 4.69) is 5.10 Å². The molecule has 0 saturated heterocycles. The maximum Gasteiger partial charge on any atom is 0.163 e. The van der Waals surface area contributed by atoms with E-state index < -0.39 is 5.60 Å². The molecule has 0 spiro atoms. The van der Waals surface area contributed by atoms with Crippen LogP contribution in [0.5, 0.6) is 5.75 Å². The minimum Gasteiger partial charge on any atom is -0.493 e. The van der Waals surface area contributed by atoms with Crippen molar-refractivity contribution < 1.29 is 14.2 Å². The van der Waals surface area contributed by atoms with Gasteiger partial charge in [-0.2, -0.15) is 5.10 Å². The molecular formula is C15H19FN2O2. The Kier molecular flexibility index (Phi) is 3.81. The number of hydrogen-bond acceptors (Lipinski definition) is 3. The predicted molar refractivity (Wildman–Crippen MR) is 74.3 cm³/mol. The van der Waals surface area contributed by atoms with Gasteiger partial charge in [-0.15, -0.1) is 0 Å². The topological polar surface area (TPSA) is 47.3 Å². The summed E-state index contributed by atoms with van der Waals surface area (Å²) in [6, 6.07) is 4.71. The molecule has 2 rings (SSSR count). The van der Waals surface area contributed by atoms with Crippen molar-refractivity contribution >= 4 is 0 Å². The Hall–Kier alpha value is -1.88. The molecular weight excluding hydrogens is 259 g/mol. The summed E-state index contributed by atoms with van der Waals surface area (Å²) >= 11 is 0. The first-order valence-corrected chi connectivity index (χ1v) is 6.51. The van der Waals surface area contributed by atoms with Gasteiger partial charge < -0.3 is 9.84 Å². The molecule has 0 bridgehead atoms. The molecule has 4 nitrogen and oxygen atoms in total. The zero-order valence-electron chi connectivity index (χ0n) is 12.1. The first-order chi connectivity index (χ1) is 9.41. The number of benzene rings is 1. The summed E-state index contributed by atoms with van der Waals surface area (Å²) in [5.74, 6) is 0.141. The first kappa shape index (κ1) is 14.5. The Labute approximate surface area is 117 Å². The van der Waals surface area contributed by atoms with Gasteiger partial charge in [-0.3, -0.25) is 4.68 Å². The number of aliphatic hydroxyl groups is 1. The van der Waals surface area contributed by atoms with Crippen LogP contribution in [-0.4, -0.2) is 22.0 Å². The molecule has 2 aromatic rings. The van der Waals surface area contributed by atoms with E-state index in [1.54, 1.807) is 36.9 Å². The monoisotopic (exact) mass is 278 g/mol. The third-order valence-electron chi connectivity index (χ3n) is 3.52. The first-order valence-electron chi connectivity index (χ1n) is 6.51. The maximum absolute atomic E-state index is 13.8. The van der Waals surface area contributed by atoms with Crippen molar-refractivity contribution in [3.63, 3.8) is 0 Å². The largest absolute Gasteiger partial charge is 0.493 e. The van der Waals surface area contributed by atoms with Crippen LogP contribution < -0.4 is 4.74 Å². The minimum atomic E-state index is -1.38. The summed E-state index contributed by atoms with van der Waals surface area (Å²) in [5, 5.41) is 15.1. The van der Waals surface area contributed by atoms with E-state index in [1.165, 1.54) is 13.2 Å². The molecule has 108 valence electrons. The lowest BCUT2D eigenvalue weighted by Crippen LogP contribution is -2.27. The van der Waals surface area contributed by atoms with Gasteiger partial charge in [0.25, 0.3) is 0 Å². The van der Waals surface area contributed by atoms with Gasteiger partial charge in [-0.1, -0.05) is 12.1 Å². The van der Waals surface area contributed by atoms with Gasteiger partial charge in [-0.25, -0.2) is 4.39 Å². The summed E-state index contributed by atoms with van der Waals surface area (Å²) < 4.78 is 20.7. The van der Waals surface area contributed by atoms with Crippen LogP contribution in [0.2, 0.25) is 0 Å². The summed E-state index contributed by atoms with van der Waals surface area (Å²) in [5.41, 5.74) is 0.146. The fraction of sp³-hybridized carbons (Fsp3) is 0.400. The number of rotatable bonds is 4. The quantitative estimate of drug-likeness (QED) is 0.935. The number of hydrogen-bond donors (Lipinski definition) is 1. The Morgan fingerprint density at radius 1 is 1.45 bits per heavy atom. The Morgan fingerprint density at radius 3 is 2.70 bits per heavy atom. The van der Waals surface area contributed by atoms with Gasteiger partial charge in [0.05, 0.1) is 13.3 Å². The van der Waals surface area contributed by atoms with E-state index in [1.807, 2.05) is 6.92 Å². The highest BCUT2D eigenvalue weighted by Crippen LogP contribution is 2.35. The van der Waals surface area contributed by atoms with Crippen LogP contribution >= 0.6 is 0 Å². The van der Waals surface area contributed by atoms with Crippen LogP contribution in [0, 0.1) is 12.7 Å². The Balaban J connectivity index is 2.59. The van der Waals surface area contributed by atoms with Crippen LogP contribution in [0.25, 0.3) is 0 Å². The molecule has 0 fully saturated rings. The molecule has 5 heteroatoms. The van der Waals surface area contributed by atoms with Gasteiger partial charge in [0.1, 0.15) is 17.1 Å². The Morgan fingerprint density at radius 2 is 2.15 bits per heavy atom. The fourth-order valence-corrected chi connectivity index (χ4v) is 2.28. The number of ether oxygens (including phenoxy) is 1. The van der Waals surface area contributed by atoms with Crippen LogP contribution in [0.15, 0.2) is 24.4 Å². The normalized spacial score (nSPS) is 14.1. The molecule has 1 N–H and O–H groups in total. The van der Waals surface area contributed by atoms with Crippen molar-refractivity contribution in [1.82, 2.24) is 9.78 Å². The lowest BCUT2D eigenvalue weighted by atomic mass is 9.91. The van der Waals surface area contributed by atoms with Crippen molar-refractivity contribution in [3.8, 4) is 5.75 Å². The van der Waals surface area contributed by atoms with Crippen LogP contribution in [0.4, 0.5) is 4.39 Å². The second kappa shape index (κ2) is 5.25. The summed E-state index contributed by atoms with van der Waals surface area (Å²) in [4.78, 5) is 0. The molecule has 0 aliphatic carbocycles. The van der Waals surface area contributed by atoms with Gasteiger partial charge >= 0.3 is 0 Å². The summed E-state index contributed by atoms with van der Waals surface area (Å²) in [7, 11) is 1.52. The van der Waals surface area contributed by atoms with E-state index in [0.29, 0.717) is 29.1 Å². The highest BCUT2D eigenvalue weighted by Gasteiger charge is 2.33. The molecule has 1 heterocycles. The van der Waals surface area contributed by atoms with Crippen molar-refractivity contribution in [2.75, 3.05) is 7.11 Å². The minimum absolute atomic E-state index is 0.343. The number of halogens is 1. The third kappa shape index (κ3) is 2.29. The Bertz CT molecular complexity index is 599. The van der Waals surface area contributed by atoms with Crippen LogP contribution in [0.3, 0.4) is 0 Å². The fourth-order valence-electron chi connectivity index (χ4n) is 2.28. The molecule has 20 heavy (non-hydrogen) atoms. The molecule has 1 unspecified atom stereocenters. The van der Waals surface area contributed by atoms with Crippen molar-refractivity contribution in [2.24, 2.45) is 0 Å². The average Bonchev–Trinajstić information content (AvgIpc) is 2.85. The molecule has 0 amide bonds. The smallest absolute Gasteiger partial charge is 0.163 e. The zero-order chi connectivity index (χ0) is 14.9. The number of nitrogens with zero attached hydrogens (tertiary/aromatic N) is 2. The maximum atomic E-state index is 13.8. The van der Waals surface area contributed by atoms with E-state index in [-0.39, 0.29) is 5.82 Å². The molecule has 0 saturated carbocycles. The van der Waals surface area contributed by atoms with Gasteiger partial charge in [0.15, 0.2) is 5.75 Å². The number of methoxy groups -OCH3 is 1. The van der Waals surface area contributed by atoms with E-state index in [9.17, 15) is 9.50 Å². The van der Waals surface area contributed by atoms with Crippen LogP contribution in [0.1, 0.15) is 30.7 Å². The molecule has 0 aliphatic heterocycles. The lowest BCUT2D eigenvalue weighted by molar-refractivity contribution is 0.0882. The van der Waals surface area contributed by atoms with E-state index >= 15 is 0 Å². The van der Waals surface area contributed by atoms with Gasteiger partial charge in [0, 0.05) is 6.54 Å². The lowest BCUT2D eigenvalue weighted by Gasteiger charge is -2.26. The molecule has 1 atom stereocenters. The highest BCUT2D eigenvalue weighted by molar-refractivity contribution is 5.40.